The molecule has 0 bridgehead atoms. The molecule has 0 spiro atoms. The van der Waals surface area contributed by atoms with Gasteiger partial charge in [-0.2, -0.15) is 0 Å². The number of rotatable bonds is 8. The molecule has 3 amide bonds. The third-order valence-corrected chi connectivity index (χ3v) is 3.10. The Morgan fingerprint density at radius 1 is 1.32 bits per heavy atom. The van der Waals surface area contributed by atoms with Gasteiger partial charge in [0.05, 0.1) is 12.3 Å². The van der Waals surface area contributed by atoms with Crippen LogP contribution in [0.3, 0.4) is 0 Å². The van der Waals surface area contributed by atoms with Crippen LogP contribution in [0.5, 0.6) is 5.75 Å². The molecule has 0 saturated heterocycles. The zero-order valence-electron chi connectivity index (χ0n) is 13.9. The molecule has 0 atom stereocenters. The second-order valence-corrected chi connectivity index (χ2v) is 4.96. The van der Waals surface area contributed by atoms with Crippen molar-refractivity contribution in [3.8, 4) is 5.75 Å². The van der Waals surface area contributed by atoms with Crippen molar-refractivity contribution >= 4 is 23.4 Å². The van der Waals surface area contributed by atoms with Gasteiger partial charge in [0.1, 0.15) is 18.6 Å². The highest BCUT2D eigenvalue weighted by molar-refractivity contribution is 5.97. The summed E-state index contributed by atoms with van der Waals surface area (Å²) in [6.07, 6.45) is 2.88. The summed E-state index contributed by atoms with van der Waals surface area (Å²) < 4.78 is 10.1. The van der Waals surface area contributed by atoms with E-state index in [2.05, 4.69) is 26.9 Å². The third-order valence-electron chi connectivity index (χ3n) is 3.10. The van der Waals surface area contributed by atoms with E-state index in [-0.39, 0.29) is 18.9 Å². The van der Waals surface area contributed by atoms with Crippen LogP contribution in [0.4, 0.5) is 16.3 Å². The van der Waals surface area contributed by atoms with Crippen molar-refractivity contribution in [2.24, 2.45) is 0 Å². The van der Waals surface area contributed by atoms with Gasteiger partial charge in [-0.3, -0.25) is 4.79 Å². The largest absolute Gasteiger partial charge is 0.492 e. The Kier molecular flexibility index (Phi) is 6.58. The van der Waals surface area contributed by atoms with Gasteiger partial charge in [0.25, 0.3) is 0 Å². The first-order valence-corrected chi connectivity index (χ1v) is 7.73. The minimum Gasteiger partial charge on any atom is -0.492 e. The Morgan fingerprint density at radius 2 is 2.12 bits per heavy atom. The minimum atomic E-state index is -0.442. The summed E-state index contributed by atoms with van der Waals surface area (Å²) >= 11 is 0. The van der Waals surface area contributed by atoms with Crippen molar-refractivity contribution in [2.45, 2.75) is 6.92 Å². The molecule has 0 fully saturated rings. The second-order valence-electron chi connectivity index (χ2n) is 4.96. The average molecular weight is 344 g/mol. The number of ether oxygens (including phenoxy) is 1. The third kappa shape index (κ3) is 5.38. The summed E-state index contributed by atoms with van der Waals surface area (Å²) in [5, 5.41) is 8.87. The minimum absolute atomic E-state index is 0.165. The van der Waals surface area contributed by atoms with Gasteiger partial charge in [0.15, 0.2) is 5.82 Å². The summed E-state index contributed by atoms with van der Waals surface area (Å²) in [5.41, 5.74) is 0.528. The van der Waals surface area contributed by atoms with Crippen LogP contribution in [0.2, 0.25) is 0 Å². The van der Waals surface area contributed by atoms with Gasteiger partial charge in [-0.25, -0.2) is 4.79 Å². The second kappa shape index (κ2) is 9.11. The van der Waals surface area contributed by atoms with E-state index in [1.54, 1.807) is 18.2 Å². The first-order valence-electron chi connectivity index (χ1n) is 7.73. The zero-order chi connectivity index (χ0) is 18.1. The highest BCUT2D eigenvalue weighted by Gasteiger charge is 2.18. The topological polar surface area (TPSA) is 96.7 Å². The Labute approximate surface area is 145 Å². The number of para-hydroxylation sites is 2. The molecule has 8 nitrogen and oxygen atoms in total. The molecule has 1 aromatic heterocycles. The van der Waals surface area contributed by atoms with Crippen LogP contribution in [-0.4, -0.2) is 41.7 Å². The molecule has 2 N–H and O–H groups in total. The van der Waals surface area contributed by atoms with Crippen LogP contribution in [-0.2, 0) is 4.79 Å². The van der Waals surface area contributed by atoms with Crippen molar-refractivity contribution in [2.75, 3.05) is 30.3 Å². The number of nitrogens with zero attached hydrogens (tertiary/aromatic N) is 2. The predicted molar refractivity (Wildman–Crippen MR) is 93.5 cm³/mol. The monoisotopic (exact) mass is 344 g/mol. The molecular formula is C17H20N4O4. The van der Waals surface area contributed by atoms with E-state index in [9.17, 15) is 9.59 Å². The normalized spacial score (nSPS) is 9.96. The molecule has 2 rings (SSSR count). The van der Waals surface area contributed by atoms with Crippen LogP contribution in [0, 0.1) is 0 Å². The van der Waals surface area contributed by atoms with Crippen molar-refractivity contribution in [3.63, 3.8) is 0 Å². The van der Waals surface area contributed by atoms with E-state index >= 15 is 0 Å². The van der Waals surface area contributed by atoms with Gasteiger partial charge in [-0.05, 0) is 19.1 Å². The molecule has 0 aliphatic carbocycles. The first-order chi connectivity index (χ1) is 12.1. The summed E-state index contributed by atoms with van der Waals surface area (Å²) in [6, 6.07) is 8.15. The van der Waals surface area contributed by atoms with Crippen molar-refractivity contribution in [3.05, 3.63) is 49.2 Å². The summed E-state index contributed by atoms with van der Waals surface area (Å²) in [5.74, 6) is 0.443. The number of anilines is 2. The van der Waals surface area contributed by atoms with E-state index < -0.39 is 11.9 Å². The quantitative estimate of drug-likeness (QED) is 0.718. The first kappa shape index (κ1) is 18.1. The Hall–Kier alpha value is -3.29. The highest BCUT2D eigenvalue weighted by Crippen LogP contribution is 2.24. The van der Waals surface area contributed by atoms with Gasteiger partial charge in [-0.15, -0.1) is 6.58 Å². The lowest BCUT2D eigenvalue weighted by Gasteiger charge is -2.21. The molecule has 0 aliphatic rings. The van der Waals surface area contributed by atoms with E-state index in [1.165, 1.54) is 23.3 Å². The smallest absolute Gasteiger partial charge is 0.322 e. The van der Waals surface area contributed by atoms with Gasteiger partial charge >= 0.3 is 6.03 Å². The van der Waals surface area contributed by atoms with E-state index in [4.69, 9.17) is 4.74 Å². The molecule has 1 aromatic carbocycles. The lowest BCUT2D eigenvalue weighted by Crippen LogP contribution is -2.40. The zero-order valence-corrected chi connectivity index (χ0v) is 13.9. The van der Waals surface area contributed by atoms with Crippen LogP contribution >= 0.6 is 0 Å². The maximum absolute atomic E-state index is 12.5. The van der Waals surface area contributed by atoms with Gasteiger partial charge in [-0.1, -0.05) is 23.4 Å². The lowest BCUT2D eigenvalue weighted by atomic mass is 10.3. The van der Waals surface area contributed by atoms with Crippen molar-refractivity contribution in [1.82, 2.24) is 10.1 Å². The molecule has 2 aromatic rings. The maximum atomic E-state index is 12.5. The number of carbonyl (C=O) groups is 2. The fraction of sp³-hybridized carbons (Fsp3) is 0.235. The number of hydrogen-bond donors (Lipinski definition) is 2. The molecule has 25 heavy (non-hydrogen) atoms. The number of aromatic nitrogens is 1. The standard InChI is InChI=1S/C17H20N4O4/c1-3-10-21(12-16(22)19-15-9-11-25-20-15)17(23)18-13-7-5-6-8-14(13)24-4-2/h3,5-9,11H,1,4,10,12H2,2H3,(H,18,23)(H,19,20,22). The van der Waals surface area contributed by atoms with E-state index in [0.29, 0.717) is 18.0 Å². The molecule has 1 heterocycles. The summed E-state index contributed by atoms with van der Waals surface area (Å²) in [4.78, 5) is 25.9. The van der Waals surface area contributed by atoms with E-state index in [1.807, 2.05) is 13.0 Å². The molecule has 132 valence electrons. The SMILES string of the molecule is C=CCN(CC(=O)Nc1ccon1)C(=O)Nc1ccccc1OCC. The number of amides is 3. The van der Waals surface area contributed by atoms with Crippen LogP contribution in [0.1, 0.15) is 6.92 Å². The van der Waals surface area contributed by atoms with E-state index in [0.717, 1.165) is 0 Å². The lowest BCUT2D eigenvalue weighted by molar-refractivity contribution is -0.116. The Morgan fingerprint density at radius 3 is 2.80 bits per heavy atom. The average Bonchev–Trinajstić information content (AvgIpc) is 3.09. The molecule has 0 aliphatic heterocycles. The predicted octanol–water partition coefficient (Wildman–Crippen LogP) is 2.73. The molecule has 8 heteroatoms. The van der Waals surface area contributed by atoms with Gasteiger partial charge in [0, 0.05) is 12.6 Å². The van der Waals surface area contributed by atoms with Gasteiger partial charge < -0.3 is 24.8 Å². The fourth-order valence-corrected chi connectivity index (χ4v) is 2.05. The van der Waals surface area contributed by atoms with Crippen molar-refractivity contribution < 1.29 is 18.8 Å². The number of carbonyl (C=O) groups excluding carboxylic acids is 2. The number of hydrogen-bond acceptors (Lipinski definition) is 5. The molecular weight excluding hydrogens is 324 g/mol. The summed E-state index contributed by atoms with van der Waals surface area (Å²) in [6.45, 7) is 5.99. The number of nitrogens with one attached hydrogen (secondary N) is 2. The number of urea groups is 1. The van der Waals surface area contributed by atoms with Crippen LogP contribution < -0.4 is 15.4 Å². The summed E-state index contributed by atoms with van der Waals surface area (Å²) in [7, 11) is 0. The number of benzene rings is 1. The van der Waals surface area contributed by atoms with Gasteiger partial charge in [0.2, 0.25) is 5.91 Å². The Balaban J connectivity index is 2.02. The van der Waals surface area contributed by atoms with Crippen molar-refractivity contribution in [1.29, 1.82) is 0 Å². The molecule has 0 radical (unpaired) electrons. The molecule has 0 unspecified atom stereocenters. The Bertz CT molecular complexity index is 715. The van der Waals surface area contributed by atoms with Crippen LogP contribution in [0.25, 0.3) is 0 Å². The van der Waals surface area contributed by atoms with Crippen LogP contribution in [0.15, 0.2) is 53.8 Å². The maximum Gasteiger partial charge on any atom is 0.322 e. The molecule has 0 saturated carbocycles. The fourth-order valence-electron chi connectivity index (χ4n) is 2.05. The highest BCUT2D eigenvalue weighted by atomic mass is 16.5.